The van der Waals surface area contributed by atoms with E-state index in [1.165, 1.54) is 17.0 Å². The molecule has 8 nitrogen and oxygen atoms in total. The maximum absolute atomic E-state index is 12.3. The first-order valence-corrected chi connectivity index (χ1v) is 8.84. The molecule has 0 bridgehead atoms. The van der Waals surface area contributed by atoms with Gasteiger partial charge in [0, 0.05) is 42.8 Å². The van der Waals surface area contributed by atoms with Gasteiger partial charge in [-0.3, -0.25) is 14.9 Å². The molecule has 1 aromatic carbocycles. The van der Waals surface area contributed by atoms with Gasteiger partial charge in [-0.25, -0.2) is 4.79 Å². The highest BCUT2D eigenvalue weighted by Crippen LogP contribution is 2.25. The lowest BCUT2D eigenvalue weighted by Gasteiger charge is -2.26. The van der Waals surface area contributed by atoms with E-state index in [1.807, 2.05) is 11.4 Å². The fourth-order valence-electron chi connectivity index (χ4n) is 2.79. The number of non-ortho nitro benzene ring substituents is 1. The van der Waals surface area contributed by atoms with Gasteiger partial charge in [-0.2, -0.15) is 0 Å². The Balaban J connectivity index is 1.64. The van der Waals surface area contributed by atoms with E-state index in [9.17, 15) is 19.7 Å². The average Bonchev–Trinajstić information content (AvgIpc) is 3.12. The minimum absolute atomic E-state index is 0.0215. The summed E-state index contributed by atoms with van der Waals surface area (Å²) in [6.45, 7) is 0.695. The Labute approximate surface area is 153 Å². The number of ether oxygens (including phenoxy) is 1. The highest BCUT2D eigenvalue weighted by molar-refractivity contribution is 7.10. The van der Waals surface area contributed by atoms with Crippen LogP contribution in [0.5, 0.6) is 0 Å². The standard InChI is InChI=1S/C17H17N3O5S/c1-18-14-3-2-12(20(23)24)8-13(14)17(22)25-10-16(21)19-6-4-15-11(9-19)5-7-26-15/h2-3,5,7-8,18H,4,6,9-10H2,1H3. The quantitative estimate of drug-likeness (QED) is 0.489. The van der Waals surface area contributed by atoms with Crippen molar-refractivity contribution in [3.8, 4) is 0 Å². The number of carbonyl (C=O) groups is 2. The number of thiophene rings is 1. The molecule has 26 heavy (non-hydrogen) atoms. The lowest BCUT2D eigenvalue weighted by Crippen LogP contribution is -2.38. The van der Waals surface area contributed by atoms with Gasteiger partial charge in [0.1, 0.15) is 0 Å². The number of hydrogen-bond donors (Lipinski definition) is 1. The molecule has 9 heteroatoms. The van der Waals surface area contributed by atoms with E-state index in [0.29, 0.717) is 18.8 Å². The summed E-state index contributed by atoms with van der Waals surface area (Å²) in [5.41, 5.74) is 1.32. The van der Waals surface area contributed by atoms with E-state index in [4.69, 9.17) is 4.74 Å². The van der Waals surface area contributed by atoms with Crippen LogP contribution in [0.4, 0.5) is 11.4 Å². The van der Waals surface area contributed by atoms with Crippen LogP contribution in [0.1, 0.15) is 20.8 Å². The first-order valence-electron chi connectivity index (χ1n) is 7.96. The number of anilines is 1. The van der Waals surface area contributed by atoms with Gasteiger partial charge >= 0.3 is 5.97 Å². The molecule has 0 atom stereocenters. The molecule has 1 aliphatic heterocycles. The largest absolute Gasteiger partial charge is 0.452 e. The van der Waals surface area contributed by atoms with E-state index in [2.05, 4.69) is 5.32 Å². The molecular weight excluding hydrogens is 358 g/mol. The van der Waals surface area contributed by atoms with Crippen molar-refractivity contribution in [3.63, 3.8) is 0 Å². The molecule has 1 amide bonds. The van der Waals surface area contributed by atoms with Crippen LogP contribution in [0.15, 0.2) is 29.6 Å². The summed E-state index contributed by atoms with van der Waals surface area (Å²) in [4.78, 5) is 37.8. The predicted molar refractivity (Wildman–Crippen MR) is 96.4 cm³/mol. The van der Waals surface area contributed by atoms with Crippen molar-refractivity contribution in [2.24, 2.45) is 0 Å². The third kappa shape index (κ3) is 3.67. The van der Waals surface area contributed by atoms with Gasteiger partial charge in [0.2, 0.25) is 0 Å². The van der Waals surface area contributed by atoms with Gasteiger partial charge in [0.25, 0.3) is 11.6 Å². The van der Waals surface area contributed by atoms with E-state index in [0.717, 1.165) is 18.1 Å². The molecular formula is C17H17N3O5S. The molecule has 3 rings (SSSR count). The third-order valence-electron chi connectivity index (χ3n) is 4.19. The number of rotatable bonds is 5. The number of amides is 1. The van der Waals surface area contributed by atoms with Crippen LogP contribution in [-0.4, -0.2) is 41.9 Å². The molecule has 136 valence electrons. The van der Waals surface area contributed by atoms with Crippen LogP contribution in [0, 0.1) is 10.1 Å². The van der Waals surface area contributed by atoms with Gasteiger partial charge in [-0.1, -0.05) is 0 Å². The number of esters is 1. The highest BCUT2D eigenvalue weighted by atomic mass is 32.1. The first-order chi connectivity index (χ1) is 12.5. The van der Waals surface area contributed by atoms with E-state index >= 15 is 0 Å². The molecule has 1 N–H and O–H groups in total. The van der Waals surface area contributed by atoms with Crippen molar-refractivity contribution in [1.82, 2.24) is 4.90 Å². The number of nitro groups is 1. The van der Waals surface area contributed by atoms with Crippen molar-refractivity contribution < 1.29 is 19.2 Å². The Morgan fingerprint density at radius 3 is 2.92 bits per heavy atom. The van der Waals surface area contributed by atoms with Crippen LogP contribution in [0.2, 0.25) is 0 Å². The monoisotopic (exact) mass is 375 g/mol. The van der Waals surface area contributed by atoms with E-state index in [-0.39, 0.29) is 17.2 Å². The third-order valence-corrected chi connectivity index (χ3v) is 5.21. The fraction of sp³-hybridized carbons (Fsp3) is 0.294. The zero-order chi connectivity index (χ0) is 18.7. The van der Waals surface area contributed by atoms with Crippen LogP contribution in [0.3, 0.4) is 0 Å². The maximum atomic E-state index is 12.3. The topological polar surface area (TPSA) is 102 Å². The molecule has 1 aromatic heterocycles. The van der Waals surface area contributed by atoms with Gasteiger partial charge in [0.15, 0.2) is 6.61 Å². The van der Waals surface area contributed by atoms with Crippen LogP contribution in [-0.2, 0) is 22.5 Å². The van der Waals surface area contributed by atoms with Gasteiger partial charge < -0.3 is 15.0 Å². The maximum Gasteiger partial charge on any atom is 0.341 e. The Hall–Kier alpha value is -2.94. The Kier molecular flexibility index (Phi) is 5.17. The van der Waals surface area contributed by atoms with Crippen molar-refractivity contribution in [1.29, 1.82) is 0 Å². The van der Waals surface area contributed by atoms with E-state index < -0.39 is 17.5 Å². The zero-order valence-electron chi connectivity index (χ0n) is 14.1. The molecule has 2 heterocycles. The normalized spacial score (nSPS) is 13.0. The van der Waals surface area contributed by atoms with Crippen molar-refractivity contribution in [3.05, 3.63) is 55.8 Å². The SMILES string of the molecule is CNc1ccc([N+](=O)[O-])cc1C(=O)OCC(=O)N1CCc2sccc2C1. The van der Waals surface area contributed by atoms with Crippen LogP contribution < -0.4 is 5.32 Å². The summed E-state index contributed by atoms with van der Waals surface area (Å²) >= 11 is 1.68. The van der Waals surface area contributed by atoms with E-state index in [1.54, 1.807) is 23.3 Å². The minimum atomic E-state index is -0.778. The van der Waals surface area contributed by atoms with Gasteiger partial charge in [0.05, 0.1) is 10.5 Å². The molecule has 0 saturated carbocycles. The van der Waals surface area contributed by atoms with Crippen LogP contribution in [0.25, 0.3) is 0 Å². The predicted octanol–water partition coefficient (Wildman–Crippen LogP) is 2.44. The molecule has 0 unspecified atom stereocenters. The summed E-state index contributed by atoms with van der Waals surface area (Å²) in [5, 5.41) is 15.7. The number of nitrogens with zero attached hydrogens (tertiary/aromatic N) is 2. The molecule has 0 saturated heterocycles. The number of hydrogen-bond acceptors (Lipinski definition) is 7. The Morgan fingerprint density at radius 2 is 2.19 bits per heavy atom. The summed E-state index contributed by atoms with van der Waals surface area (Å²) in [6, 6.07) is 5.85. The molecule has 0 spiro atoms. The molecule has 0 radical (unpaired) electrons. The molecule has 2 aromatic rings. The zero-order valence-corrected chi connectivity index (χ0v) is 14.9. The summed E-state index contributed by atoms with van der Waals surface area (Å²) in [7, 11) is 1.59. The number of fused-ring (bicyclic) bond motifs is 1. The second-order valence-electron chi connectivity index (χ2n) is 5.75. The molecule has 1 aliphatic rings. The summed E-state index contributed by atoms with van der Waals surface area (Å²) in [5.74, 6) is -1.06. The smallest absolute Gasteiger partial charge is 0.341 e. The molecule has 0 fully saturated rings. The van der Waals surface area contributed by atoms with Crippen molar-refractivity contribution in [2.45, 2.75) is 13.0 Å². The average molecular weight is 375 g/mol. The summed E-state index contributed by atoms with van der Waals surface area (Å²) < 4.78 is 5.10. The second-order valence-corrected chi connectivity index (χ2v) is 6.75. The lowest BCUT2D eigenvalue weighted by molar-refractivity contribution is -0.384. The van der Waals surface area contributed by atoms with Crippen molar-refractivity contribution >= 4 is 34.6 Å². The fourth-order valence-corrected chi connectivity index (χ4v) is 3.68. The Bertz CT molecular complexity index is 864. The van der Waals surface area contributed by atoms with Gasteiger partial charge in [-0.05, 0) is 29.5 Å². The highest BCUT2D eigenvalue weighted by Gasteiger charge is 2.23. The van der Waals surface area contributed by atoms with Gasteiger partial charge in [-0.15, -0.1) is 11.3 Å². The van der Waals surface area contributed by atoms with Crippen molar-refractivity contribution in [2.75, 3.05) is 25.5 Å². The van der Waals surface area contributed by atoms with Crippen LogP contribution >= 0.6 is 11.3 Å². The first kappa shape index (κ1) is 17.9. The molecule has 0 aliphatic carbocycles. The Morgan fingerprint density at radius 1 is 1.38 bits per heavy atom. The number of nitro benzene ring substituents is 1. The number of nitrogens with one attached hydrogen (secondary N) is 1. The number of benzene rings is 1. The second kappa shape index (κ2) is 7.52. The minimum Gasteiger partial charge on any atom is -0.452 e. The summed E-state index contributed by atoms with van der Waals surface area (Å²) in [6.07, 6.45) is 0.793. The number of carbonyl (C=O) groups excluding carboxylic acids is 2. The lowest BCUT2D eigenvalue weighted by atomic mass is 10.1.